The van der Waals surface area contributed by atoms with E-state index in [1.54, 1.807) is 9.80 Å². The number of rotatable bonds is 8. The average molecular weight is 489 g/mol. The second kappa shape index (κ2) is 10.5. The number of benzene rings is 2. The van der Waals surface area contributed by atoms with E-state index >= 15 is 0 Å². The maximum Gasteiger partial charge on any atom is 0.322 e. The minimum absolute atomic E-state index is 0.00630. The lowest BCUT2D eigenvalue weighted by Crippen LogP contribution is -2.51. The molecule has 36 heavy (non-hydrogen) atoms. The minimum Gasteiger partial charge on any atom is -0.376 e. The molecule has 2 aromatic carbocycles. The molecule has 0 spiro atoms. The van der Waals surface area contributed by atoms with E-state index in [1.807, 2.05) is 67.6 Å². The predicted octanol–water partition coefficient (Wildman–Crippen LogP) is 2.78. The first-order valence-corrected chi connectivity index (χ1v) is 12.7. The van der Waals surface area contributed by atoms with E-state index in [4.69, 9.17) is 4.74 Å². The zero-order chi connectivity index (χ0) is 25.1. The zero-order valence-electron chi connectivity index (χ0n) is 20.5. The fraction of sp³-hybridized carbons (Fsp3) is 0.393. The van der Waals surface area contributed by atoms with Crippen LogP contribution in [0.25, 0.3) is 0 Å². The van der Waals surface area contributed by atoms with Crippen molar-refractivity contribution in [1.29, 1.82) is 0 Å². The quantitative estimate of drug-likeness (QED) is 0.598. The summed E-state index contributed by atoms with van der Waals surface area (Å²) in [4.78, 5) is 43.7. The molecule has 3 aliphatic rings. The summed E-state index contributed by atoms with van der Waals surface area (Å²) in [6.07, 6.45) is 2.30. The second-order valence-corrected chi connectivity index (χ2v) is 9.42. The molecule has 0 aliphatic carbocycles. The number of carbonyl (C=O) groups is 3. The first kappa shape index (κ1) is 24.1. The summed E-state index contributed by atoms with van der Waals surface area (Å²) < 4.78 is 5.67. The molecular weight excluding hydrogens is 456 g/mol. The van der Waals surface area contributed by atoms with Gasteiger partial charge in [-0.1, -0.05) is 60.7 Å². The van der Waals surface area contributed by atoms with Crippen LogP contribution in [-0.2, 0) is 20.7 Å². The van der Waals surface area contributed by atoms with Crippen LogP contribution in [0.5, 0.6) is 0 Å². The van der Waals surface area contributed by atoms with E-state index < -0.39 is 12.1 Å². The van der Waals surface area contributed by atoms with Crippen LogP contribution in [-0.4, -0.2) is 66.0 Å². The van der Waals surface area contributed by atoms with Gasteiger partial charge in [-0.05, 0) is 30.9 Å². The van der Waals surface area contributed by atoms with Gasteiger partial charge >= 0.3 is 6.03 Å². The van der Waals surface area contributed by atoms with Gasteiger partial charge < -0.3 is 20.3 Å². The summed E-state index contributed by atoms with van der Waals surface area (Å²) in [5.74, 6) is -0.424. The third-order valence-corrected chi connectivity index (χ3v) is 7.18. The molecule has 0 unspecified atom stereocenters. The molecule has 0 radical (unpaired) electrons. The zero-order valence-corrected chi connectivity index (χ0v) is 20.5. The van der Waals surface area contributed by atoms with Gasteiger partial charge in [-0.25, -0.2) is 4.79 Å². The Morgan fingerprint density at radius 1 is 1.11 bits per heavy atom. The van der Waals surface area contributed by atoms with Crippen molar-refractivity contribution in [2.75, 3.05) is 26.2 Å². The second-order valence-electron chi connectivity index (χ2n) is 9.42. The highest BCUT2D eigenvalue weighted by molar-refractivity contribution is 6.03. The van der Waals surface area contributed by atoms with Gasteiger partial charge in [0.2, 0.25) is 5.91 Å². The molecule has 3 heterocycles. The van der Waals surface area contributed by atoms with Crippen molar-refractivity contribution in [2.45, 2.75) is 44.4 Å². The Morgan fingerprint density at radius 3 is 2.50 bits per heavy atom. The summed E-state index contributed by atoms with van der Waals surface area (Å²) >= 11 is 0. The molecule has 8 heteroatoms. The summed E-state index contributed by atoms with van der Waals surface area (Å²) in [7, 11) is 0. The number of nitrogens with one attached hydrogen (secondary N) is 2. The van der Waals surface area contributed by atoms with Gasteiger partial charge in [0.25, 0.3) is 5.91 Å². The molecule has 188 valence electrons. The van der Waals surface area contributed by atoms with Crippen molar-refractivity contribution in [1.82, 2.24) is 20.4 Å². The van der Waals surface area contributed by atoms with E-state index in [0.717, 1.165) is 24.0 Å². The van der Waals surface area contributed by atoms with Gasteiger partial charge in [-0.15, -0.1) is 0 Å². The highest BCUT2D eigenvalue weighted by Gasteiger charge is 2.46. The molecule has 1 saturated heterocycles. The van der Waals surface area contributed by atoms with Crippen molar-refractivity contribution < 1.29 is 19.1 Å². The van der Waals surface area contributed by atoms with Gasteiger partial charge in [-0.3, -0.25) is 14.5 Å². The molecule has 0 aromatic heterocycles. The van der Waals surface area contributed by atoms with E-state index in [1.165, 1.54) is 0 Å². The maximum absolute atomic E-state index is 14.0. The number of hydrogen-bond donors (Lipinski definition) is 2. The van der Waals surface area contributed by atoms with Crippen LogP contribution in [0.3, 0.4) is 0 Å². The molecule has 5 rings (SSSR count). The highest BCUT2D eigenvalue weighted by Crippen LogP contribution is 2.37. The van der Waals surface area contributed by atoms with Crippen molar-refractivity contribution in [3.05, 3.63) is 83.1 Å². The van der Waals surface area contributed by atoms with Gasteiger partial charge in [0, 0.05) is 26.1 Å². The summed E-state index contributed by atoms with van der Waals surface area (Å²) in [5.41, 5.74) is 3.01. The van der Waals surface area contributed by atoms with Gasteiger partial charge in [0.15, 0.2) is 0 Å². The van der Waals surface area contributed by atoms with Crippen LogP contribution < -0.4 is 10.6 Å². The lowest BCUT2D eigenvalue weighted by molar-refractivity contribution is -0.136. The lowest BCUT2D eigenvalue weighted by atomic mass is 9.95. The number of carbonyl (C=O) groups excluding carboxylic acids is 3. The van der Waals surface area contributed by atoms with Crippen LogP contribution >= 0.6 is 0 Å². The molecule has 3 aliphatic heterocycles. The third-order valence-electron chi connectivity index (χ3n) is 7.18. The number of hydrogen-bond acceptors (Lipinski definition) is 4. The summed E-state index contributed by atoms with van der Waals surface area (Å²) in [6.45, 7) is 3.67. The maximum atomic E-state index is 14.0. The fourth-order valence-corrected chi connectivity index (χ4v) is 5.31. The molecule has 2 N–H and O–H groups in total. The molecule has 0 bridgehead atoms. The number of urea groups is 1. The van der Waals surface area contributed by atoms with E-state index in [0.29, 0.717) is 37.4 Å². The topological polar surface area (TPSA) is 91.0 Å². The minimum atomic E-state index is -0.711. The molecule has 0 saturated carbocycles. The van der Waals surface area contributed by atoms with Crippen LogP contribution in [0.2, 0.25) is 0 Å². The number of amides is 4. The molecular formula is C28H32N4O4. The third kappa shape index (κ3) is 4.73. The van der Waals surface area contributed by atoms with Crippen LogP contribution in [0, 0.1) is 0 Å². The first-order chi connectivity index (χ1) is 17.6. The SMILES string of the molecule is CCN1C(=O)N[C@H](c2ccccc2)C2=C1CN([C@@H](Cc1ccccc1)C(=O)NC[C@H]1CCCO1)C2=O. The van der Waals surface area contributed by atoms with Crippen LogP contribution in [0.15, 0.2) is 71.9 Å². The van der Waals surface area contributed by atoms with E-state index in [9.17, 15) is 14.4 Å². The van der Waals surface area contributed by atoms with Gasteiger partial charge in [0.05, 0.1) is 30.0 Å². The molecule has 1 fully saturated rings. The molecule has 3 atom stereocenters. The monoisotopic (exact) mass is 488 g/mol. The van der Waals surface area contributed by atoms with Crippen LogP contribution in [0.1, 0.15) is 36.9 Å². The molecule has 2 aromatic rings. The van der Waals surface area contributed by atoms with Crippen molar-refractivity contribution in [2.24, 2.45) is 0 Å². The standard InChI is InChI=1S/C28H32N4O4/c1-2-31-23-18-32(27(34)24(23)25(30-28(31)35)20-12-7-4-8-13-20)22(16-19-10-5-3-6-11-19)26(33)29-17-21-14-9-15-36-21/h3-8,10-13,21-22,25H,2,9,14-18H2,1H3,(H,29,33)(H,30,35)/t21-,22+,25-/m1/s1. The average Bonchev–Trinajstić information content (AvgIpc) is 3.55. The highest BCUT2D eigenvalue weighted by atomic mass is 16.5. The van der Waals surface area contributed by atoms with Crippen molar-refractivity contribution in [3.63, 3.8) is 0 Å². The van der Waals surface area contributed by atoms with E-state index in [-0.39, 0.29) is 30.5 Å². The molecule has 4 amide bonds. The Bertz CT molecular complexity index is 1140. The fourth-order valence-electron chi connectivity index (χ4n) is 5.31. The number of nitrogens with zero attached hydrogens (tertiary/aromatic N) is 2. The Labute approximate surface area is 211 Å². The molecule has 8 nitrogen and oxygen atoms in total. The Kier molecular flexibility index (Phi) is 7.04. The van der Waals surface area contributed by atoms with Gasteiger partial charge in [-0.2, -0.15) is 0 Å². The van der Waals surface area contributed by atoms with Crippen molar-refractivity contribution in [3.8, 4) is 0 Å². The Balaban J connectivity index is 1.45. The number of ether oxygens (including phenoxy) is 1. The van der Waals surface area contributed by atoms with E-state index in [2.05, 4.69) is 10.6 Å². The largest absolute Gasteiger partial charge is 0.376 e. The summed E-state index contributed by atoms with van der Waals surface area (Å²) in [5, 5.41) is 6.03. The van der Waals surface area contributed by atoms with Crippen molar-refractivity contribution >= 4 is 17.8 Å². The normalized spacial score (nSPS) is 22.5. The Hall–Kier alpha value is -3.65. The smallest absolute Gasteiger partial charge is 0.322 e. The predicted molar refractivity (Wildman–Crippen MR) is 135 cm³/mol. The van der Waals surface area contributed by atoms with Gasteiger partial charge in [0.1, 0.15) is 6.04 Å². The number of likely N-dealkylation sites (N-methyl/N-ethyl adjacent to an activating group) is 1. The summed E-state index contributed by atoms with van der Waals surface area (Å²) in [6, 6.07) is 17.7. The Morgan fingerprint density at radius 2 is 1.83 bits per heavy atom. The first-order valence-electron chi connectivity index (χ1n) is 12.7. The lowest BCUT2D eigenvalue weighted by Gasteiger charge is -2.32. The van der Waals surface area contributed by atoms with Crippen LogP contribution in [0.4, 0.5) is 4.79 Å².